The zero-order valence-electron chi connectivity index (χ0n) is 35.0. The zero-order valence-corrected chi connectivity index (χ0v) is 35.8. The van der Waals surface area contributed by atoms with Crippen LogP contribution < -0.4 is 4.90 Å². The van der Waals surface area contributed by atoms with E-state index in [2.05, 4.69) is 191 Å². The van der Waals surface area contributed by atoms with Crippen molar-refractivity contribution in [2.45, 2.75) is 25.7 Å². The van der Waals surface area contributed by atoms with Crippen molar-refractivity contribution in [2.75, 3.05) is 4.90 Å². The Hall–Kier alpha value is -7.66. The summed E-state index contributed by atoms with van der Waals surface area (Å²) in [5.41, 5.74) is 18.4. The van der Waals surface area contributed by atoms with Crippen LogP contribution in [-0.2, 0) is 6.42 Å². The molecule has 8 aromatic carbocycles. The number of fused-ring (bicyclic) bond motifs is 12. The number of para-hydroxylation sites is 3. The predicted octanol–water partition coefficient (Wildman–Crippen LogP) is 17.1. The van der Waals surface area contributed by atoms with Crippen LogP contribution in [0.3, 0.4) is 0 Å². The van der Waals surface area contributed by atoms with Gasteiger partial charge in [-0.3, -0.25) is 0 Å². The van der Waals surface area contributed by atoms with Gasteiger partial charge in [0.1, 0.15) is 11.2 Å². The molecule has 0 atom stereocenters. The molecule has 0 saturated heterocycles. The lowest BCUT2D eigenvalue weighted by molar-refractivity contribution is 0.669. The second-order valence-corrected chi connectivity index (χ2v) is 18.6. The molecule has 0 aliphatic heterocycles. The molecule has 302 valence electrons. The summed E-state index contributed by atoms with van der Waals surface area (Å²) < 4.78 is 10.1. The van der Waals surface area contributed by atoms with Crippen molar-refractivity contribution in [3.63, 3.8) is 0 Å². The standard InChI is InChI=1S/C60H40N2OS/c1-5-13-54-46(9-1)52-34-42(35-53-47-10-2-6-14-55(47)62(54)60(52)53)39-21-29-45(30-22-39)61(43-25-17-37(18-26-43)40-24-32-59-51(33-40)50-12-4-8-16-58(50)64-59)44-27-19-38(20-28-44)41-23-31-49-48-11-3-7-15-56(48)63-57(49)36-41/h1-17,19-23,25,27-31,33-36H,18,24,26,32H2. The number of rotatable bonds is 6. The summed E-state index contributed by atoms with van der Waals surface area (Å²) in [5.74, 6) is 0. The van der Waals surface area contributed by atoms with Crippen LogP contribution in [0.5, 0.6) is 0 Å². The number of aryl methyl sites for hydroxylation is 1. The molecule has 2 aliphatic carbocycles. The van der Waals surface area contributed by atoms with Gasteiger partial charge in [0.2, 0.25) is 0 Å². The van der Waals surface area contributed by atoms with E-state index in [1.807, 2.05) is 23.5 Å². The quantitative estimate of drug-likeness (QED) is 0.166. The molecule has 4 heteroatoms. The number of allylic oxidation sites excluding steroid dienone is 5. The molecule has 12 aromatic rings. The first-order chi connectivity index (χ1) is 31.7. The van der Waals surface area contributed by atoms with Crippen LogP contribution in [0, 0.1) is 0 Å². The second kappa shape index (κ2) is 13.9. The van der Waals surface area contributed by atoms with Gasteiger partial charge in [0.05, 0.1) is 16.6 Å². The third-order valence-corrected chi connectivity index (χ3v) is 15.2. The first kappa shape index (κ1) is 35.9. The molecule has 0 bridgehead atoms. The zero-order chi connectivity index (χ0) is 41.9. The smallest absolute Gasteiger partial charge is 0.136 e. The molecule has 0 radical (unpaired) electrons. The number of nitrogens with zero attached hydrogens (tertiary/aromatic N) is 2. The van der Waals surface area contributed by atoms with Crippen molar-refractivity contribution in [3.8, 4) is 22.3 Å². The van der Waals surface area contributed by atoms with Crippen LogP contribution in [0.25, 0.3) is 98.4 Å². The van der Waals surface area contributed by atoms with Crippen LogP contribution >= 0.6 is 11.3 Å². The lowest BCUT2D eigenvalue weighted by atomic mass is 9.87. The molecule has 0 spiro atoms. The molecule has 0 saturated carbocycles. The Labute approximate surface area is 374 Å². The summed E-state index contributed by atoms with van der Waals surface area (Å²) in [7, 11) is 0. The van der Waals surface area contributed by atoms with Crippen LogP contribution in [0.1, 0.15) is 29.7 Å². The maximum absolute atomic E-state index is 6.28. The Kier molecular flexibility index (Phi) is 7.81. The molecule has 3 nitrogen and oxygen atoms in total. The molecule has 0 fully saturated rings. The van der Waals surface area contributed by atoms with E-state index >= 15 is 0 Å². The Balaban J connectivity index is 0.855. The van der Waals surface area contributed by atoms with Gasteiger partial charge in [0.25, 0.3) is 0 Å². The van der Waals surface area contributed by atoms with Crippen molar-refractivity contribution >= 4 is 98.9 Å². The summed E-state index contributed by atoms with van der Waals surface area (Å²) >= 11 is 1.96. The number of furan rings is 1. The molecule has 0 unspecified atom stereocenters. The fourth-order valence-electron chi connectivity index (χ4n) is 10.9. The SMILES string of the molecule is C1=C(C2=Cc3c(sc4ccccc34)CC2)CCC(N(c2ccc(-c3ccc4c(c3)oc3ccccc34)cc2)c2ccc(-c3cc4c5ccccc5n5c6ccccc6c(c3)c45)cc2)=C1. The molecule has 0 N–H and O–H groups in total. The number of hydrogen-bond acceptors (Lipinski definition) is 3. The van der Waals surface area contributed by atoms with Gasteiger partial charge in [-0.1, -0.05) is 109 Å². The van der Waals surface area contributed by atoms with E-state index in [0.29, 0.717) is 0 Å². The number of benzene rings is 8. The van der Waals surface area contributed by atoms with Crippen LogP contribution in [0.15, 0.2) is 209 Å². The fraction of sp³-hybridized carbons (Fsp3) is 0.0667. The maximum atomic E-state index is 6.28. The van der Waals surface area contributed by atoms with Crippen molar-refractivity contribution in [1.29, 1.82) is 0 Å². The summed E-state index contributed by atoms with van der Waals surface area (Å²) in [6.07, 6.45) is 11.4. The first-order valence-electron chi connectivity index (χ1n) is 22.4. The van der Waals surface area contributed by atoms with Gasteiger partial charge in [0.15, 0.2) is 0 Å². The molecule has 64 heavy (non-hydrogen) atoms. The minimum absolute atomic E-state index is 0.916. The number of thiophene rings is 1. The van der Waals surface area contributed by atoms with Gasteiger partial charge in [0, 0.05) is 59.0 Å². The maximum Gasteiger partial charge on any atom is 0.136 e. The van der Waals surface area contributed by atoms with Crippen LogP contribution in [-0.4, -0.2) is 4.40 Å². The lowest BCUT2D eigenvalue weighted by Gasteiger charge is -2.31. The Bertz CT molecular complexity index is 3860. The average molecular weight is 837 g/mol. The molecule has 14 rings (SSSR count). The van der Waals surface area contributed by atoms with Gasteiger partial charge in [-0.05, 0) is 155 Å². The largest absolute Gasteiger partial charge is 0.456 e. The van der Waals surface area contributed by atoms with Crippen LogP contribution in [0.4, 0.5) is 11.4 Å². The highest BCUT2D eigenvalue weighted by Crippen LogP contribution is 2.45. The minimum Gasteiger partial charge on any atom is -0.456 e. The van der Waals surface area contributed by atoms with Gasteiger partial charge < -0.3 is 13.7 Å². The summed E-state index contributed by atoms with van der Waals surface area (Å²) in [6, 6.07) is 64.5. The van der Waals surface area contributed by atoms with Crippen molar-refractivity contribution in [3.05, 3.63) is 215 Å². The highest BCUT2D eigenvalue weighted by atomic mass is 32.1. The Morgan fingerprint density at radius 1 is 0.438 bits per heavy atom. The monoisotopic (exact) mass is 836 g/mol. The van der Waals surface area contributed by atoms with E-state index in [4.69, 9.17) is 4.42 Å². The Morgan fingerprint density at radius 2 is 1.03 bits per heavy atom. The third kappa shape index (κ3) is 5.46. The summed E-state index contributed by atoms with van der Waals surface area (Å²) in [6.45, 7) is 0. The topological polar surface area (TPSA) is 20.8 Å². The molecule has 0 amide bonds. The van der Waals surface area contributed by atoms with E-state index in [0.717, 1.165) is 70.1 Å². The van der Waals surface area contributed by atoms with Crippen molar-refractivity contribution < 1.29 is 4.42 Å². The molecular formula is C60H40N2OS. The normalized spacial score (nSPS) is 14.3. The average Bonchev–Trinajstić information content (AvgIpc) is 4.11. The second-order valence-electron chi connectivity index (χ2n) is 17.5. The van der Waals surface area contributed by atoms with Gasteiger partial charge in [-0.2, -0.15) is 0 Å². The van der Waals surface area contributed by atoms with Crippen LogP contribution in [0.2, 0.25) is 0 Å². The predicted molar refractivity (Wildman–Crippen MR) is 271 cm³/mol. The molecule has 4 heterocycles. The number of anilines is 2. The van der Waals surface area contributed by atoms with E-state index < -0.39 is 0 Å². The minimum atomic E-state index is 0.916. The third-order valence-electron chi connectivity index (χ3n) is 14.0. The van der Waals surface area contributed by atoms with Gasteiger partial charge in [-0.15, -0.1) is 11.3 Å². The lowest BCUT2D eigenvalue weighted by Crippen LogP contribution is -2.18. The summed E-state index contributed by atoms with van der Waals surface area (Å²) in [4.78, 5) is 3.99. The van der Waals surface area contributed by atoms with Gasteiger partial charge in [-0.25, -0.2) is 0 Å². The first-order valence-corrected chi connectivity index (χ1v) is 23.2. The Morgan fingerprint density at radius 3 is 1.73 bits per heavy atom. The van der Waals surface area contributed by atoms with E-state index in [9.17, 15) is 0 Å². The van der Waals surface area contributed by atoms with Crippen molar-refractivity contribution in [1.82, 2.24) is 4.40 Å². The highest BCUT2D eigenvalue weighted by Gasteiger charge is 2.23. The van der Waals surface area contributed by atoms with E-state index in [-0.39, 0.29) is 0 Å². The van der Waals surface area contributed by atoms with Crippen molar-refractivity contribution in [2.24, 2.45) is 0 Å². The molecule has 4 aromatic heterocycles. The van der Waals surface area contributed by atoms with E-state index in [1.54, 1.807) is 0 Å². The highest BCUT2D eigenvalue weighted by molar-refractivity contribution is 7.19. The fourth-order valence-corrected chi connectivity index (χ4v) is 12.1. The molecule has 2 aliphatic rings. The summed E-state index contributed by atoms with van der Waals surface area (Å²) in [5, 5.41) is 8.89. The number of hydrogen-bond donors (Lipinski definition) is 0. The van der Waals surface area contributed by atoms with E-state index in [1.165, 1.54) is 86.6 Å². The van der Waals surface area contributed by atoms with Gasteiger partial charge >= 0.3 is 0 Å². The molecular weight excluding hydrogens is 797 g/mol. The number of aromatic nitrogens is 1.